The average molecular weight is 486 g/mol. The summed E-state index contributed by atoms with van der Waals surface area (Å²) < 4.78 is 50.9. The molecule has 3 N–H and O–H groups in total. The Morgan fingerprint density at radius 1 is 1.12 bits per heavy atom. The van der Waals surface area contributed by atoms with Gasteiger partial charge in [-0.25, -0.2) is 8.42 Å². The molecule has 0 unspecified atom stereocenters. The molecule has 3 aromatic rings. The van der Waals surface area contributed by atoms with Crippen molar-refractivity contribution in [2.45, 2.75) is 18.7 Å². The number of nitrogens with one attached hydrogen (secondary N) is 3. The van der Waals surface area contributed by atoms with Gasteiger partial charge in [0.2, 0.25) is 10.0 Å². The van der Waals surface area contributed by atoms with Gasteiger partial charge in [0, 0.05) is 11.5 Å². The normalized spacial score (nSPS) is 12.4. The van der Waals surface area contributed by atoms with Crippen molar-refractivity contribution in [2.75, 3.05) is 19.5 Å². The highest BCUT2D eigenvalue weighted by atomic mass is 32.2. The Kier molecular flexibility index (Phi) is 6.62. The molecular weight excluding hydrogens is 467 g/mol. The van der Waals surface area contributed by atoms with E-state index in [0.29, 0.717) is 0 Å². The first-order valence-corrected chi connectivity index (χ1v) is 12.5. The van der Waals surface area contributed by atoms with Crippen LogP contribution in [0, 0.1) is 10.1 Å². The Labute approximate surface area is 180 Å². The molecule has 0 aliphatic heterocycles. The number of H-pyrrole nitrogens is 2. The summed E-state index contributed by atoms with van der Waals surface area (Å²) >= 11 is 0. The summed E-state index contributed by atoms with van der Waals surface area (Å²) in [5, 5.41) is 11.4. The Morgan fingerprint density at radius 2 is 1.75 bits per heavy atom. The molecule has 0 spiro atoms. The zero-order valence-corrected chi connectivity index (χ0v) is 18.6. The van der Waals surface area contributed by atoms with Crippen LogP contribution >= 0.6 is 7.60 Å². The molecule has 0 aliphatic carbocycles. The van der Waals surface area contributed by atoms with Crippen LogP contribution in [0.2, 0.25) is 0 Å². The minimum atomic E-state index is -4.45. The van der Waals surface area contributed by atoms with Gasteiger partial charge in [-0.05, 0) is 19.9 Å². The lowest BCUT2D eigenvalue weighted by Crippen LogP contribution is -2.29. The molecule has 0 amide bonds. The summed E-state index contributed by atoms with van der Waals surface area (Å²) in [4.78, 5) is 38.4. The fourth-order valence-electron chi connectivity index (χ4n) is 3.14. The third-order valence-electron chi connectivity index (χ3n) is 4.38. The molecule has 1 aromatic heterocycles. The number of aromatic amines is 2. The van der Waals surface area contributed by atoms with Crippen molar-refractivity contribution in [3.63, 3.8) is 0 Å². The maximum Gasteiger partial charge on any atom is 0.345 e. The SMILES string of the molecule is CCOP(=O)(CNS(=O)(=O)c1cccc2c1c([N+](=O)[O-])cc1[nH]c(=O)c(=O)[nH]c12)OCC. The van der Waals surface area contributed by atoms with Crippen LogP contribution in [-0.4, -0.2) is 42.8 Å². The second kappa shape index (κ2) is 8.92. The fraction of sp³-hybridized carbons (Fsp3) is 0.294. The summed E-state index contributed by atoms with van der Waals surface area (Å²) in [7, 11) is -8.24. The Morgan fingerprint density at radius 3 is 2.34 bits per heavy atom. The molecule has 15 heteroatoms. The molecule has 3 rings (SSSR count). The lowest BCUT2D eigenvalue weighted by atomic mass is 10.1. The number of rotatable bonds is 9. The number of non-ortho nitro benzene ring substituents is 1. The monoisotopic (exact) mass is 486 g/mol. The second-order valence-electron chi connectivity index (χ2n) is 6.41. The summed E-state index contributed by atoms with van der Waals surface area (Å²) in [5.41, 5.74) is -2.67. The molecule has 0 saturated carbocycles. The van der Waals surface area contributed by atoms with E-state index in [0.717, 1.165) is 12.1 Å². The molecule has 0 aliphatic rings. The van der Waals surface area contributed by atoms with E-state index < -0.39 is 50.5 Å². The molecule has 0 atom stereocenters. The van der Waals surface area contributed by atoms with E-state index in [-0.39, 0.29) is 35.0 Å². The first-order valence-electron chi connectivity index (χ1n) is 9.27. The summed E-state index contributed by atoms with van der Waals surface area (Å²) in [6.45, 7) is 3.14. The van der Waals surface area contributed by atoms with Gasteiger partial charge in [-0.3, -0.25) is 24.3 Å². The van der Waals surface area contributed by atoms with Gasteiger partial charge in [0.15, 0.2) is 0 Å². The molecule has 1 heterocycles. The van der Waals surface area contributed by atoms with Gasteiger partial charge in [0.1, 0.15) is 6.29 Å². The molecule has 13 nitrogen and oxygen atoms in total. The fourth-order valence-corrected chi connectivity index (χ4v) is 6.40. The van der Waals surface area contributed by atoms with Crippen LogP contribution in [0.3, 0.4) is 0 Å². The molecular formula is C17H19N4O9PS. The van der Waals surface area contributed by atoms with Crippen LogP contribution in [0.4, 0.5) is 5.69 Å². The topological polar surface area (TPSA) is 191 Å². The Balaban J connectivity index is 2.24. The summed E-state index contributed by atoms with van der Waals surface area (Å²) in [6, 6.07) is 4.76. The minimum absolute atomic E-state index is 0.0102. The van der Waals surface area contributed by atoms with Crippen molar-refractivity contribution in [3.8, 4) is 0 Å². The van der Waals surface area contributed by atoms with E-state index in [9.17, 15) is 32.7 Å². The van der Waals surface area contributed by atoms with Crippen molar-refractivity contribution >= 4 is 45.1 Å². The van der Waals surface area contributed by atoms with Gasteiger partial charge < -0.3 is 19.0 Å². The third-order valence-corrected chi connectivity index (χ3v) is 7.89. The van der Waals surface area contributed by atoms with Crippen LogP contribution in [0.1, 0.15) is 13.8 Å². The maximum atomic E-state index is 13.0. The van der Waals surface area contributed by atoms with Crippen LogP contribution in [0.25, 0.3) is 21.8 Å². The predicted octanol–water partition coefficient (Wildman–Crippen LogP) is 1.78. The van der Waals surface area contributed by atoms with Crippen LogP contribution in [0.5, 0.6) is 0 Å². The van der Waals surface area contributed by atoms with Crippen LogP contribution < -0.4 is 15.8 Å². The zero-order chi connectivity index (χ0) is 23.7. The van der Waals surface area contributed by atoms with Crippen LogP contribution in [-0.2, 0) is 23.6 Å². The third kappa shape index (κ3) is 4.49. The zero-order valence-electron chi connectivity index (χ0n) is 16.9. The number of fused-ring (bicyclic) bond motifs is 3. The maximum absolute atomic E-state index is 13.0. The quantitative estimate of drug-likeness (QED) is 0.133. The highest BCUT2D eigenvalue weighted by molar-refractivity contribution is 7.90. The van der Waals surface area contributed by atoms with Gasteiger partial charge >= 0.3 is 18.7 Å². The lowest BCUT2D eigenvalue weighted by molar-refractivity contribution is -0.383. The number of nitro benzene ring substituents is 1. The minimum Gasteiger partial charge on any atom is -0.316 e. The summed E-state index contributed by atoms with van der Waals surface area (Å²) in [5.74, 6) is 0. The van der Waals surface area contributed by atoms with Crippen molar-refractivity contribution in [2.24, 2.45) is 0 Å². The van der Waals surface area contributed by atoms with Gasteiger partial charge in [-0.2, -0.15) is 4.72 Å². The van der Waals surface area contributed by atoms with Crippen molar-refractivity contribution in [1.82, 2.24) is 14.7 Å². The van der Waals surface area contributed by atoms with Crippen molar-refractivity contribution < 1.29 is 27.0 Å². The molecule has 0 fully saturated rings. The number of nitrogens with zero attached hydrogens (tertiary/aromatic N) is 1. The smallest absolute Gasteiger partial charge is 0.316 e. The number of sulfonamides is 1. The highest BCUT2D eigenvalue weighted by Gasteiger charge is 2.30. The van der Waals surface area contributed by atoms with E-state index in [2.05, 4.69) is 14.7 Å². The van der Waals surface area contributed by atoms with Crippen molar-refractivity contribution in [1.29, 1.82) is 0 Å². The lowest BCUT2D eigenvalue weighted by Gasteiger charge is -2.18. The number of nitro groups is 1. The van der Waals surface area contributed by atoms with Crippen LogP contribution in [0.15, 0.2) is 38.8 Å². The first-order chi connectivity index (χ1) is 15.0. The van der Waals surface area contributed by atoms with E-state index in [4.69, 9.17) is 9.05 Å². The standard InChI is InChI=1S/C17H19N4O9PS/c1-3-29-31(26,30-4-2)9-18-32(27,28)13-7-5-6-10-14(13)12(21(24)25)8-11-15(10)20-17(23)16(22)19-11/h5-8,18H,3-4,9H2,1-2H3,(H,19,22)(H,20,23). The molecule has 172 valence electrons. The molecule has 0 saturated heterocycles. The van der Waals surface area contributed by atoms with Crippen molar-refractivity contribution in [3.05, 3.63) is 55.1 Å². The van der Waals surface area contributed by atoms with E-state index >= 15 is 0 Å². The molecule has 0 bridgehead atoms. The van der Waals surface area contributed by atoms with E-state index in [1.165, 1.54) is 12.1 Å². The Hall–Kier alpha value is -2.90. The number of hydrogen-bond acceptors (Lipinski definition) is 9. The molecule has 2 aromatic carbocycles. The summed E-state index contributed by atoms with van der Waals surface area (Å²) in [6.07, 6.45) is -0.696. The largest absolute Gasteiger partial charge is 0.345 e. The van der Waals surface area contributed by atoms with Gasteiger partial charge in [0.25, 0.3) is 5.69 Å². The second-order valence-corrected chi connectivity index (χ2v) is 10.2. The highest BCUT2D eigenvalue weighted by Crippen LogP contribution is 2.47. The molecule has 32 heavy (non-hydrogen) atoms. The number of hydrogen-bond donors (Lipinski definition) is 3. The first kappa shape index (κ1) is 23.8. The predicted molar refractivity (Wildman–Crippen MR) is 115 cm³/mol. The van der Waals surface area contributed by atoms with Gasteiger partial charge in [0.05, 0.1) is 39.5 Å². The average Bonchev–Trinajstić information content (AvgIpc) is 2.73. The Bertz CT molecular complexity index is 1470. The van der Waals surface area contributed by atoms with E-state index in [1.54, 1.807) is 13.8 Å². The molecule has 0 radical (unpaired) electrons. The van der Waals surface area contributed by atoms with Gasteiger partial charge in [-0.15, -0.1) is 0 Å². The van der Waals surface area contributed by atoms with Gasteiger partial charge in [-0.1, -0.05) is 12.1 Å². The van der Waals surface area contributed by atoms with E-state index in [1.807, 2.05) is 0 Å². The number of benzene rings is 2. The number of aromatic nitrogens is 2.